The molecule has 2 heteroatoms. The zero-order chi connectivity index (χ0) is 13.2. The van der Waals surface area contributed by atoms with Crippen molar-refractivity contribution in [3.8, 4) is 5.75 Å². The average Bonchev–Trinajstić information content (AvgIpc) is 2.37. The molecule has 18 heavy (non-hydrogen) atoms. The Bertz CT molecular complexity index is 319. The normalized spacial score (nSPS) is 10.7. The molecule has 0 saturated carbocycles. The van der Waals surface area contributed by atoms with Gasteiger partial charge in [-0.3, -0.25) is 0 Å². The molecule has 0 atom stereocenters. The molecule has 0 heterocycles. The molecule has 102 valence electrons. The molecule has 0 fully saturated rings. The van der Waals surface area contributed by atoms with E-state index in [2.05, 4.69) is 44.3 Å². The van der Waals surface area contributed by atoms with Crippen LogP contribution in [-0.4, -0.2) is 12.6 Å². The standard InChI is InChI=1S/C16H27NO/c1-4-8-14(9-5-2)17-15-10-7-11-16(13-15)18-12-6-3/h7,10-11,13-14,17H,4-6,8-9,12H2,1-3H3. The first-order valence-electron chi connectivity index (χ1n) is 7.29. The number of nitrogens with one attached hydrogen (secondary N) is 1. The summed E-state index contributed by atoms with van der Waals surface area (Å²) in [5.41, 5.74) is 1.18. The third-order valence-electron chi connectivity index (χ3n) is 2.95. The summed E-state index contributed by atoms with van der Waals surface area (Å²) in [7, 11) is 0. The third kappa shape index (κ3) is 5.44. The number of rotatable bonds is 9. The fraction of sp³-hybridized carbons (Fsp3) is 0.625. The van der Waals surface area contributed by atoms with E-state index >= 15 is 0 Å². The van der Waals surface area contributed by atoms with Crippen LogP contribution in [0.5, 0.6) is 5.75 Å². The average molecular weight is 249 g/mol. The van der Waals surface area contributed by atoms with Crippen LogP contribution in [0.3, 0.4) is 0 Å². The molecule has 0 aromatic heterocycles. The van der Waals surface area contributed by atoms with Gasteiger partial charge in [0.1, 0.15) is 5.75 Å². The molecular formula is C16H27NO. The van der Waals surface area contributed by atoms with Gasteiger partial charge in [-0.05, 0) is 31.4 Å². The van der Waals surface area contributed by atoms with Gasteiger partial charge in [0, 0.05) is 17.8 Å². The van der Waals surface area contributed by atoms with Gasteiger partial charge < -0.3 is 10.1 Å². The van der Waals surface area contributed by atoms with Crippen molar-refractivity contribution in [1.82, 2.24) is 0 Å². The third-order valence-corrected chi connectivity index (χ3v) is 2.95. The lowest BCUT2D eigenvalue weighted by molar-refractivity contribution is 0.317. The molecule has 0 radical (unpaired) electrons. The van der Waals surface area contributed by atoms with Crippen molar-refractivity contribution in [2.75, 3.05) is 11.9 Å². The summed E-state index contributed by atoms with van der Waals surface area (Å²) in [6.07, 6.45) is 5.96. The molecule has 0 unspecified atom stereocenters. The fourth-order valence-electron chi connectivity index (χ4n) is 2.12. The van der Waals surface area contributed by atoms with Crippen LogP contribution in [0.2, 0.25) is 0 Å². The molecule has 0 aliphatic carbocycles. The van der Waals surface area contributed by atoms with E-state index in [4.69, 9.17) is 4.74 Å². The van der Waals surface area contributed by atoms with Crippen LogP contribution in [-0.2, 0) is 0 Å². The summed E-state index contributed by atoms with van der Waals surface area (Å²) in [6, 6.07) is 8.89. The molecule has 0 spiro atoms. The predicted molar refractivity (Wildman–Crippen MR) is 79.5 cm³/mol. The Morgan fingerprint density at radius 3 is 2.39 bits per heavy atom. The zero-order valence-corrected chi connectivity index (χ0v) is 12.0. The molecule has 1 rings (SSSR count). The minimum absolute atomic E-state index is 0.585. The highest BCUT2D eigenvalue weighted by Crippen LogP contribution is 2.20. The molecule has 1 aromatic rings. The minimum atomic E-state index is 0.585. The summed E-state index contributed by atoms with van der Waals surface area (Å²) in [6.45, 7) is 7.40. The maximum atomic E-state index is 5.66. The van der Waals surface area contributed by atoms with Crippen molar-refractivity contribution in [1.29, 1.82) is 0 Å². The Labute approximate surface area is 112 Å². The van der Waals surface area contributed by atoms with Gasteiger partial charge in [0.2, 0.25) is 0 Å². The topological polar surface area (TPSA) is 21.3 Å². The lowest BCUT2D eigenvalue weighted by Crippen LogP contribution is -2.18. The van der Waals surface area contributed by atoms with E-state index in [0.29, 0.717) is 6.04 Å². The fourth-order valence-corrected chi connectivity index (χ4v) is 2.12. The Morgan fingerprint density at radius 1 is 1.06 bits per heavy atom. The van der Waals surface area contributed by atoms with Gasteiger partial charge in [-0.1, -0.05) is 39.7 Å². The second-order valence-corrected chi connectivity index (χ2v) is 4.79. The maximum Gasteiger partial charge on any atom is 0.121 e. The molecule has 0 bridgehead atoms. The molecule has 0 amide bonds. The summed E-state index contributed by atoms with van der Waals surface area (Å²) in [5.74, 6) is 0.966. The van der Waals surface area contributed by atoms with Gasteiger partial charge in [-0.2, -0.15) is 0 Å². The number of ether oxygens (including phenoxy) is 1. The molecule has 1 aromatic carbocycles. The van der Waals surface area contributed by atoms with E-state index in [1.807, 2.05) is 6.07 Å². The number of anilines is 1. The molecule has 0 saturated heterocycles. The first-order chi connectivity index (χ1) is 8.80. The monoisotopic (exact) mass is 249 g/mol. The van der Waals surface area contributed by atoms with Gasteiger partial charge in [-0.15, -0.1) is 0 Å². The SMILES string of the molecule is CCCOc1cccc(NC(CCC)CCC)c1. The quantitative estimate of drug-likeness (QED) is 0.675. The van der Waals surface area contributed by atoms with Gasteiger partial charge >= 0.3 is 0 Å². The van der Waals surface area contributed by atoms with Gasteiger partial charge in [0.15, 0.2) is 0 Å². The second-order valence-electron chi connectivity index (χ2n) is 4.79. The first kappa shape index (κ1) is 14.9. The number of hydrogen-bond acceptors (Lipinski definition) is 2. The molecule has 0 aliphatic heterocycles. The highest BCUT2D eigenvalue weighted by atomic mass is 16.5. The van der Waals surface area contributed by atoms with E-state index < -0.39 is 0 Å². The van der Waals surface area contributed by atoms with Crippen molar-refractivity contribution in [3.05, 3.63) is 24.3 Å². The van der Waals surface area contributed by atoms with Crippen molar-refractivity contribution in [2.45, 2.75) is 58.9 Å². The lowest BCUT2D eigenvalue weighted by atomic mass is 10.1. The Hall–Kier alpha value is -1.18. The van der Waals surface area contributed by atoms with Crippen LogP contribution in [0.15, 0.2) is 24.3 Å². The smallest absolute Gasteiger partial charge is 0.121 e. The van der Waals surface area contributed by atoms with Crippen LogP contribution in [0, 0.1) is 0 Å². The minimum Gasteiger partial charge on any atom is -0.494 e. The summed E-state index contributed by atoms with van der Waals surface area (Å²) in [5, 5.41) is 3.62. The van der Waals surface area contributed by atoms with Gasteiger partial charge in [0.25, 0.3) is 0 Å². The predicted octanol–water partition coefficient (Wildman–Crippen LogP) is 4.86. The van der Waals surface area contributed by atoms with Crippen LogP contribution >= 0.6 is 0 Å². The van der Waals surface area contributed by atoms with Crippen LogP contribution in [0.1, 0.15) is 52.9 Å². The van der Waals surface area contributed by atoms with E-state index in [1.54, 1.807) is 0 Å². The summed E-state index contributed by atoms with van der Waals surface area (Å²) in [4.78, 5) is 0. The molecule has 1 N–H and O–H groups in total. The maximum absolute atomic E-state index is 5.66. The van der Waals surface area contributed by atoms with E-state index in [-0.39, 0.29) is 0 Å². The van der Waals surface area contributed by atoms with Crippen LogP contribution in [0.25, 0.3) is 0 Å². The second kappa shape index (κ2) is 8.84. The Balaban J connectivity index is 2.58. The molecular weight excluding hydrogens is 222 g/mol. The van der Waals surface area contributed by atoms with Gasteiger partial charge in [-0.25, -0.2) is 0 Å². The van der Waals surface area contributed by atoms with Crippen molar-refractivity contribution in [3.63, 3.8) is 0 Å². The Kier molecular flexibility index (Phi) is 7.31. The Morgan fingerprint density at radius 2 is 1.78 bits per heavy atom. The van der Waals surface area contributed by atoms with Gasteiger partial charge in [0.05, 0.1) is 6.61 Å². The largest absolute Gasteiger partial charge is 0.494 e. The van der Waals surface area contributed by atoms with E-state index in [1.165, 1.54) is 31.4 Å². The summed E-state index contributed by atoms with van der Waals surface area (Å²) >= 11 is 0. The molecule has 2 nitrogen and oxygen atoms in total. The highest BCUT2D eigenvalue weighted by molar-refractivity contribution is 5.48. The zero-order valence-electron chi connectivity index (χ0n) is 12.0. The van der Waals surface area contributed by atoms with Crippen molar-refractivity contribution in [2.24, 2.45) is 0 Å². The van der Waals surface area contributed by atoms with E-state index in [9.17, 15) is 0 Å². The summed E-state index contributed by atoms with van der Waals surface area (Å²) < 4.78 is 5.66. The van der Waals surface area contributed by atoms with Crippen molar-refractivity contribution >= 4 is 5.69 Å². The number of benzene rings is 1. The molecule has 0 aliphatic rings. The highest BCUT2D eigenvalue weighted by Gasteiger charge is 2.06. The lowest BCUT2D eigenvalue weighted by Gasteiger charge is -2.19. The first-order valence-corrected chi connectivity index (χ1v) is 7.29. The number of hydrogen-bond donors (Lipinski definition) is 1. The van der Waals surface area contributed by atoms with Crippen LogP contribution < -0.4 is 10.1 Å². The van der Waals surface area contributed by atoms with E-state index in [0.717, 1.165) is 18.8 Å². The van der Waals surface area contributed by atoms with Crippen LogP contribution in [0.4, 0.5) is 5.69 Å². The van der Waals surface area contributed by atoms with Crippen molar-refractivity contribution < 1.29 is 4.74 Å².